The van der Waals surface area contributed by atoms with E-state index in [1.165, 1.54) is 0 Å². The van der Waals surface area contributed by atoms with Crippen LogP contribution in [0.2, 0.25) is 0 Å². The molecule has 1 aromatic carbocycles. The van der Waals surface area contributed by atoms with Crippen molar-refractivity contribution in [2.75, 3.05) is 30.0 Å². The van der Waals surface area contributed by atoms with E-state index in [0.717, 1.165) is 52.8 Å². The van der Waals surface area contributed by atoms with Crippen LogP contribution in [-0.4, -0.2) is 40.2 Å². The Kier molecular flexibility index (Phi) is 2.73. The number of ether oxygens (including phenoxy) is 2. The molecular formula is C15H17N5O2S. The fourth-order valence-electron chi connectivity index (χ4n) is 3.46. The van der Waals surface area contributed by atoms with E-state index in [2.05, 4.69) is 9.88 Å². The van der Waals surface area contributed by atoms with Gasteiger partial charge in [-0.25, -0.2) is 9.98 Å². The van der Waals surface area contributed by atoms with Crippen LogP contribution in [0.3, 0.4) is 0 Å². The minimum absolute atomic E-state index is 0.343. The van der Waals surface area contributed by atoms with Gasteiger partial charge in [0.1, 0.15) is 0 Å². The minimum atomic E-state index is -0.343. The number of aliphatic imine (C=N–C) groups is 1. The minimum Gasteiger partial charge on any atom is -0.489 e. The highest BCUT2D eigenvalue weighted by molar-refractivity contribution is 7.99. The zero-order chi connectivity index (χ0) is 15.4. The summed E-state index contributed by atoms with van der Waals surface area (Å²) < 4.78 is 13.8. The van der Waals surface area contributed by atoms with Gasteiger partial charge >= 0.3 is 0 Å². The van der Waals surface area contributed by atoms with Crippen molar-refractivity contribution in [2.45, 2.75) is 18.5 Å². The van der Waals surface area contributed by atoms with Crippen LogP contribution in [0.1, 0.15) is 12.8 Å². The molecule has 1 fully saturated rings. The molecule has 0 saturated carbocycles. The van der Waals surface area contributed by atoms with Crippen molar-refractivity contribution in [1.29, 1.82) is 0 Å². The van der Waals surface area contributed by atoms with Gasteiger partial charge in [-0.05, 0) is 5.75 Å². The highest BCUT2D eigenvalue weighted by atomic mass is 32.2. The van der Waals surface area contributed by atoms with E-state index >= 15 is 0 Å². The molecule has 23 heavy (non-hydrogen) atoms. The lowest BCUT2D eigenvalue weighted by atomic mass is 10.1. The highest BCUT2D eigenvalue weighted by Crippen LogP contribution is 2.44. The Bertz CT molecular complexity index is 825. The van der Waals surface area contributed by atoms with Crippen LogP contribution in [0, 0.1) is 0 Å². The predicted octanol–water partition coefficient (Wildman–Crippen LogP) is 1.73. The largest absolute Gasteiger partial charge is 0.489 e. The number of hydrogen-bond donors (Lipinski definition) is 2. The van der Waals surface area contributed by atoms with E-state index in [1.54, 1.807) is 0 Å². The number of benzene rings is 1. The molecule has 8 heteroatoms. The molecule has 120 valence electrons. The average Bonchev–Trinajstić information content (AvgIpc) is 3.03. The maximum Gasteiger partial charge on any atom is 0.212 e. The first-order chi connectivity index (χ1) is 11.3. The number of anilines is 1. The molecule has 2 aromatic rings. The second kappa shape index (κ2) is 4.70. The van der Waals surface area contributed by atoms with Crippen molar-refractivity contribution >= 4 is 34.7 Å². The molecule has 7 nitrogen and oxygen atoms in total. The van der Waals surface area contributed by atoms with E-state index in [9.17, 15) is 0 Å². The second-order valence-corrected chi connectivity index (χ2v) is 7.12. The van der Waals surface area contributed by atoms with E-state index in [-0.39, 0.29) is 5.66 Å². The van der Waals surface area contributed by atoms with Gasteiger partial charge in [-0.1, -0.05) is 0 Å². The number of nitrogens with one attached hydrogen (secondary N) is 1. The summed E-state index contributed by atoms with van der Waals surface area (Å²) in [7, 11) is 0. The monoisotopic (exact) mass is 331 g/mol. The molecule has 3 N–H and O–H groups in total. The summed E-state index contributed by atoms with van der Waals surface area (Å²) in [6.45, 7) is 1.34. The van der Waals surface area contributed by atoms with Gasteiger partial charge in [-0.2, -0.15) is 11.8 Å². The summed E-state index contributed by atoms with van der Waals surface area (Å²) in [5.41, 5.74) is 7.54. The van der Waals surface area contributed by atoms with E-state index in [4.69, 9.17) is 25.2 Å². The van der Waals surface area contributed by atoms with Crippen molar-refractivity contribution in [3.8, 4) is 11.5 Å². The first-order valence-electron chi connectivity index (χ1n) is 7.78. The van der Waals surface area contributed by atoms with Crippen LogP contribution in [0.15, 0.2) is 17.1 Å². The van der Waals surface area contributed by atoms with Crippen LogP contribution in [0.5, 0.6) is 11.5 Å². The summed E-state index contributed by atoms with van der Waals surface area (Å²) in [5.74, 6) is 4.69. The number of guanidine groups is 1. The van der Waals surface area contributed by atoms with Gasteiger partial charge in [-0.15, -0.1) is 0 Å². The number of thioether (sulfide) groups is 1. The maximum atomic E-state index is 6.00. The highest BCUT2D eigenvalue weighted by Gasteiger charge is 2.42. The van der Waals surface area contributed by atoms with Gasteiger partial charge < -0.3 is 15.2 Å². The fraction of sp³-hybridized carbons (Fsp3) is 0.467. The molecule has 1 unspecified atom stereocenters. The third kappa shape index (κ3) is 1.90. The fourth-order valence-corrected chi connectivity index (χ4v) is 4.74. The molecule has 0 amide bonds. The Balaban J connectivity index is 1.75. The van der Waals surface area contributed by atoms with Gasteiger partial charge in [0.05, 0.1) is 24.2 Å². The van der Waals surface area contributed by atoms with Gasteiger partial charge in [-0.3, -0.25) is 9.88 Å². The van der Waals surface area contributed by atoms with Gasteiger partial charge in [0.2, 0.25) is 5.95 Å². The molecule has 5 rings (SSSR count). The molecule has 3 aliphatic heterocycles. The lowest BCUT2D eigenvalue weighted by Crippen LogP contribution is -2.42. The molecule has 0 radical (unpaired) electrons. The molecular weight excluding hydrogens is 314 g/mol. The third-order valence-electron chi connectivity index (χ3n) is 4.49. The lowest BCUT2D eigenvalue weighted by molar-refractivity contribution is 0.297. The Labute approximate surface area is 137 Å². The first kappa shape index (κ1) is 13.4. The van der Waals surface area contributed by atoms with Crippen LogP contribution in [-0.2, 0) is 5.66 Å². The van der Waals surface area contributed by atoms with E-state index < -0.39 is 0 Å². The smallest absolute Gasteiger partial charge is 0.212 e. The summed E-state index contributed by atoms with van der Waals surface area (Å²) >= 11 is 1.89. The van der Waals surface area contributed by atoms with Gasteiger partial charge in [0.25, 0.3) is 0 Å². The van der Waals surface area contributed by atoms with Gasteiger partial charge in [0, 0.05) is 30.7 Å². The molecule has 1 spiro atoms. The number of nitrogens with two attached hydrogens (primary N) is 1. The van der Waals surface area contributed by atoms with E-state index in [1.807, 2.05) is 23.9 Å². The molecule has 1 aromatic heterocycles. The Hall–Kier alpha value is -2.09. The third-order valence-corrected chi connectivity index (χ3v) is 5.65. The standard InChI is InChI=1S/C15H17N5O2S/c16-13-18-14-17-9-6-11-12(22-4-1-3-21-11)7-10(9)20(14)15(19-13)2-5-23-8-15/h6-7H,1-5,8H2,(H3,16,17,18,19). The summed E-state index contributed by atoms with van der Waals surface area (Å²) in [6.07, 6.45) is 1.84. The quantitative estimate of drug-likeness (QED) is 0.764. The zero-order valence-electron chi connectivity index (χ0n) is 12.5. The average molecular weight is 331 g/mol. The van der Waals surface area contributed by atoms with Crippen LogP contribution < -0.4 is 20.5 Å². The molecule has 4 heterocycles. The predicted molar refractivity (Wildman–Crippen MR) is 90.5 cm³/mol. The topological polar surface area (TPSA) is 86.7 Å². The lowest BCUT2D eigenvalue weighted by Gasteiger charge is -2.32. The normalized spacial score (nSPS) is 25.8. The van der Waals surface area contributed by atoms with E-state index in [0.29, 0.717) is 19.2 Å². The molecule has 1 atom stereocenters. The molecule has 3 aliphatic rings. The Morgan fingerprint density at radius 2 is 2.09 bits per heavy atom. The molecule has 0 bridgehead atoms. The van der Waals surface area contributed by atoms with Gasteiger partial charge in [0.15, 0.2) is 23.1 Å². The molecule has 1 saturated heterocycles. The Morgan fingerprint density at radius 1 is 1.26 bits per heavy atom. The SMILES string of the molecule is NC1=NC2(CCSC2)n2c(nc3cc4c(cc32)OCCCO4)N1. The summed E-state index contributed by atoms with van der Waals surface area (Å²) in [4.78, 5) is 9.43. The summed E-state index contributed by atoms with van der Waals surface area (Å²) in [6, 6.07) is 3.98. The number of imidazole rings is 1. The van der Waals surface area contributed by atoms with Crippen molar-refractivity contribution < 1.29 is 9.47 Å². The number of rotatable bonds is 0. The van der Waals surface area contributed by atoms with Crippen molar-refractivity contribution in [1.82, 2.24) is 9.55 Å². The van der Waals surface area contributed by atoms with Crippen molar-refractivity contribution in [2.24, 2.45) is 10.7 Å². The first-order valence-corrected chi connectivity index (χ1v) is 8.93. The zero-order valence-corrected chi connectivity index (χ0v) is 13.4. The number of fused-ring (bicyclic) bond motifs is 5. The van der Waals surface area contributed by atoms with Crippen LogP contribution >= 0.6 is 11.8 Å². The summed E-state index contributed by atoms with van der Waals surface area (Å²) in [5, 5.41) is 3.09. The number of aromatic nitrogens is 2. The molecule has 0 aliphatic carbocycles. The van der Waals surface area contributed by atoms with Crippen LogP contribution in [0.4, 0.5) is 5.95 Å². The Morgan fingerprint density at radius 3 is 2.87 bits per heavy atom. The number of nitrogens with zero attached hydrogens (tertiary/aromatic N) is 3. The number of hydrogen-bond acceptors (Lipinski definition) is 7. The van der Waals surface area contributed by atoms with Crippen molar-refractivity contribution in [3.05, 3.63) is 12.1 Å². The maximum absolute atomic E-state index is 6.00. The van der Waals surface area contributed by atoms with Crippen molar-refractivity contribution in [3.63, 3.8) is 0 Å². The van der Waals surface area contributed by atoms with Crippen LogP contribution in [0.25, 0.3) is 11.0 Å². The second-order valence-electron chi connectivity index (χ2n) is 6.02.